The predicted molar refractivity (Wildman–Crippen MR) is 83.3 cm³/mol. The van der Waals surface area contributed by atoms with Gasteiger partial charge in [-0.1, -0.05) is 12.1 Å². The second-order valence-electron chi connectivity index (χ2n) is 5.58. The fraction of sp³-hybridized carbons (Fsp3) is 0.353. The Morgan fingerprint density at radius 2 is 2.00 bits per heavy atom. The van der Waals surface area contributed by atoms with Gasteiger partial charge in [0.25, 0.3) is 0 Å². The van der Waals surface area contributed by atoms with Gasteiger partial charge in [0.05, 0.1) is 17.6 Å². The van der Waals surface area contributed by atoms with Gasteiger partial charge < -0.3 is 10.6 Å². The molecule has 0 bridgehead atoms. The van der Waals surface area contributed by atoms with Crippen molar-refractivity contribution in [1.29, 1.82) is 5.26 Å². The van der Waals surface area contributed by atoms with Crippen LogP contribution in [-0.2, 0) is 9.59 Å². The number of benzene rings is 1. The van der Waals surface area contributed by atoms with Gasteiger partial charge in [-0.3, -0.25) is 9.59 Å². The Bertz CT molecular complexity index is 628. The summed E-state index contributed by atoms with van der Waals surface area (Å²) in [5.74, 6) is -0.730. The number of rotatable bonds is 3. The third-order valence-electron chi connectivity index (χ3n) is 4.03. The van der Waals surface area contributed by atoms with Crippen LogP contribution in [0.1, 0.15) is 30.9 Å². The second-order valence-corrected chi connectivity index (χ2v) is 5.58. The molecular weight excluding hydrogens is 278 g/mol. The summed E-state index contributed by atoms with van der Waals surface area (Å²) < 4.78 is 0. The van der Waals surface area contributed by atoms with E-state index in [1.165, 1.54) is 6.08 Å². The highest BCUT2D eigenvalue weighted by Crippen LogP contribution is 2.22. The van der Waals surface area contributed by atoms with Gasteiger partial charge in [-0.15, -0.1) is 0 Å². The monoisotopic (exact) mass is 297 g/mol. The molecule has 0 radical (unpaired) electrons. The van der Waals surface area contributed by atoms with Crippen LogP contribution in [0, 0.1) is 17.2 Å². The van der Waals surface area contributed by atoms with E-state index in [4.69, 9.17) is 11.0 Å². The largest absolute Gasteiger partial charge is 0.369 e. The first kappa shape index (κ1) is 15.8. The normalized spacial score (nSPS) is 21.5. The molecule has 2 unspecified atom stereocenters. The van der Waals surface area contributed by atoms with Gasteiger partial charge in [0, 0.05) is 18.7 Å². The van der Waals surface area contributed by atoms with E-state index in [0.717, 1.165) is 18.4 Å². The van der Waals surface area contributed by atoms with Crippen molar-refractivity contribution in [3.05, 3.63) is 41.5 Å². The van der Waals surface area contributed by atoms with Crippen molar-refractivity contribution in [2.75, 3.05) is 6.54 Å². The first-order chi connectivity index (χ1) is 10.5. The fourth-order valence-electron chi connectivity index (χ4n) is 2.58. The minimum atomic E-state index is -0.347. The maximum absolute atomic E-state index is 12.3. The standard InChI is InChI=1S/C17H19N3O2/c1-12-2-8-15(17(19)22)11-20(12)16(21)9-7-13-3-5-14(10-18)6-4-13/h3-7,9,12,15H,2,8,11H2,1H3,(H2,19,22). The molecule has 1 aromatic carbocycles. The van der Waals surface area contributed by atoms with Crippen molar-refractivity contribution in [2.45, 2.75) is 25.8 Å². The zero-order valence-electron chi connectivity index (χ0n) is 12.5. The molecule has 1 aliphatic rings. The minimum absolute atomic E-state index is 0.105. The fourth-order valence-corrected chi connectivity index (χ4v) is 2.58. The van der Waals surface area contributed by atoms with Gasteiger partial charge in [-0.05, 0) is 43.5 Å². The number of nitrogens with two attached hydrogens (primary N) is 1. The summed E-state index contributed by atoms with van der Waals surface area (Å²) in [6.45, 7) is 2.36. The average molecular weight is 297 g/mol. The molecule has 0 saturated carbocycles. The van der Waals surface area contributed by atoms with E-state index < -0.39 is 0 Å². The van der Waals surface area contributed by atoms with Crippen molar-refractivity contribution in [2.24, 2.45) is 11.7 Å². The molecule has 0 aliphatic carbocycles. The summed E-state index contributed by atoms with van der Waals surface area (Å²) in [5, 5.41) is 8.75. The van der Waals surface area contributed by atoms with Gasteiger partial charge in [-0.25, -0.2) is 0 Å². The molecule has 22 heavy (non-hydrogen) atoms. The lowest BCUT2D eigenvalue weighted by Gasteiger charge is -2.36. The Balaban J connectivity index is 2.04. The topological polar surface area (TPSA) is 87.2 Å². The van der Waals surface area contributed by atoms with Crippen molar-refractivity contribution < 1.29 is 9.59 Å². The molecule has 1 saturated heterocycles. The quantitative estimate of drug-likeness (QED) is 0.861. The van der Waals surface area contributed by atoms with E-state index in [-0.39, 0.29) is 23.8 Å². The lowest BCUT2D eigenvalue weighted by atomic mass is 9.93. The number of carbonyl (C=O) groups excluding carboxylic acids is 2. The predicted octanol–water partition coefficient (Wildman–Crippen LogP) is 1.68. The Morgan fingerprint density at radius 1 is 1.32 bits per heavy atom. The number of likely N-dealkylation sites (tertiary alicyclic amines) is 1. The summed E-state index contributed by atoms with van der Waals surface area (Å²) in [6, 6.07) is 9.14. The number of nitriles is 1. The maximum atomic E-state index is 12.3. The Hall–Kier alpha value is -2.61. The van der Waals surface area contributed by atoms with Crippen LogP contribution in [0.15, 0.2) is 30.3 Å². The number of piperidine rings is 1. The van der Waals surface area contributed by atoms with E-state index in [0.29, 0.717) is 12.1 Å². The number of primary amides is 1. The van der Waals surface area contributed by atoms with Crippen molar-refractivity contribution in [3.8, 4) is 6.07 Å². The van der Waals surface area contributed by atoms with Gasteiger partial charge in [-0.2, -0.15) is 5.26 Å². The zero-order valence-corrected chi connectivity index (χ0v) is 12.5. The molecule has 1 fully saturated rings. The van der Waals surface area contributed by atoms with E-state index in [1.807, 2.05) is 13.0 Å². The van der Waals surface area contributed by atoms with E-state index in [9.17, 15) is 9.59 Å². The highest BCUT2D eigenvalue weighted by Gasteiger charge is 2.30. The number of hydrogen-bond donors (Lipinski definition) is 1. The van der Waals surface area contributed by atoms with Gasteiger partial charge in [0.2, 0.25) is 11.8 Å². The summed E-state index contributed by atoms with van der Waals surface area (Å²) in [7, 11) is 0. The Morgan fingerprint density at radius 3 is 2.59 bits per heavy atom. The van der Waals surface area contributed by atoms with Gasteiger partial charge in [0.15, 0.2) is 0 Å². The lowest BCUT2D eigenvalue weighted by Crippen LogP contribution is -2.48. The van der Waals surface area contributed by atoms with E-state index in [2.05, 4.69) is 0 Å². The van der Waals surface area contributed by atoms with Gasteiger partial charge >= 0.3 is 0 Å². The molecule has 2 atom stereocenters. The summed E-state index contributed by atoms with van der Waals surface area (Å²) in [5.41, 5.74) is 6.78. The minimum Gasteiger partial charge on any atom is -0.369 e. The Labute approximate surface area is 130 Å². The summed E-state index contributed by atoms with van der Waals surface area (Å²) in [4.78, 5) is 25.3. The van der Waals surface area contributed by atoms with Crippen LogP contribution >= 0.6 is 0 Å². The van der Waals surface area contributed by atoms with Crippen LogP contribution in [-0.4, -0.2) is 29.3 Å². The summed E-state index contributed by atoms with van der Waals surface area (Å²) >= 11 is 0. The molecule has 1 aliphatic heterocycles. The molecular formula is C17H19N3O2. The highest BCUT2D eigenvalue weighted by atomic mass is 16.2. The maximum Gasteiger partial charge on any atom is 0.246 e. The molecule has 0 aromatic heterocycles. The zero-order chi connectivity index (χ0) is 16.1. The smallest absolute Gasteiger partial charge is 0.246 e. The van der Waals surface area contributed by atoms with E-state index >= 15 is 0 Å². The first-order valence-corrected chi connectivity index (χ1v) is 7.29. The van der Waals surface area contributed by atoms with Gasteiger partial charge in [0.1, 0.15) is 0 Å². The number of amides is 2. The highest BCUT2D eigenvalue weighted by molar-refractivity contribution is 5.92. The van der Waals surface area contributed by atoms with Crippen LogP contribution in [0.4, 0.5) is 0 Å². The second kappa shape index (κ2) is 6.90. The number of carbonyl (C=O) groups is 2. The first-order valence-electron chi connectivity index (χ1n) is 7.29. The number of hydrogen-bond acceptors (Lipinski definition) is 3. The average Bonchev–Trinajstić information content (AvgIpc) is 2.53. The molecule has 1 aromatic rings. The molecule has 2 rings (SSSR count). The molecule has 114 valence electrons. The third-order valence-corrected chi connectivity index (χ3v) is 4.03. The van der Waals surface area contributed by atoms with Crippen LogP contribution < -0.4 is 5.73 Å². The van der Waals surface area contributed by atoms with Crippen LogP contribution in [0.2, 0.25) is 0 Å². The number of nitrogens with zero attached hydrogens (tertiary/aromatic N) is 2. The molecule has 2 N–H and O–H groups in total. The summed E-state index contributed by atoms with van der Waals surface area (Å²) in [6.07, 6.45) is 4.73. The SMILES string of the molecule is CC1CCC(C(N)=O)CN1C(=O)C=Cc1ccc(C#N)cc1. The lowest BCUT2D eigenvalue weighted by molar-refractivity contribution is -0.133. The Kier molecular flexibility index (Phi) is 4.95. The van der Waals surface area contributed by atoms with Crippen LogP contribution in [0.25, 0.3) is 6.08 Å². The van der Waals surface area contributed by atoms with Crippen molar-refractivity contribution in [1.82, 2.24) is 4.90 Å². The molecule has 5 heteroatoms. The molecule has 2 amide bonds. The van der Waals surface area contributed by atoms with Crippen LogP contribution in [0.3, 0.4) is 0 Å². The molecule has 0 spiro atoms. The van der Waals surface area contributed by atoms with Crippen molar-refractivity contribution >= 4 is 17.9 Å². The van der Waals surface area contributed by atoms with Crippen LogP contribution in [0.5, 0.6) is 0 Å². The third kappa shape index (κ3) is 3.73. The molecule has 5 nitrogen and oxygen atoms in total. The van der Waals surface area contributed by atoms with E-state index in [1.54, 1.807) is 35.2 Å². The molecule has 1 heterocycles. The van der Waals surface area contributed by atoms with Crippen molar-refractivity contribution in [3.63, 3.8) is 0 Å².